The first kappa shape index (κ1) is 20.5. The van der Waals surface area contributed by atoms with Crippen LogP contribution in [0.15, 0.2) is 24.3 Å². The van der Waals surface area contributed by atoms with Gasteiger partial charge >= 0.3 is 6.18 Å². The highest BCUT2D eigenvalue weighted by atomic mass is 19.4. The summed E-state index contributed by atoms with van der Waals surface area (Å²) in [7, 11) is 1.44. The van der Waals surface area contributed by atoms with E-state index < -0.39 is 49.1 Å². The van der Waals surface area contributed by atoms with Gasteiger partial charge in [-0.25, -0.2) is 4.68 Å². The first-order valence-corrected chi connectivity index (χ1v) is 8.15. The molecule has 5 atom stereocenters. The quantitative estimate of drug-likeness (QED) is 0.559. The molecule has 1 saturated heterocycles. The number of methoxy groups -OCH3 is 1. The van der Waals surface area contributed by atoms with E-state index in [9.17, 15) is 33.6 Å². The van der Waals surface area contributed by atoms with Crippen LogP contribution in [0.3, 0.4) is 0 Å². The molecule has 2 heterocycles. The zero-order valence-electron chi connectivity index (χ0n) is 14.5. The second kappa shape index (κ2) is 7.64. The van der Waals surface area contributed by atoms with Crippen molar-refractivity contribution in [2.45, 2.75) is 43.4 Å². The maximum atomic E-state index is 13.2. The highest BCUT2D eigenvalue weighted by Gasteiger charge is 2.46. The van der Waals surface area contributed by atoms with Crippen molar-refractivity contribution >= 4 is 0 Å². The topological polar surface area (TPSA) is 130 Å². The SMILES string of the molecule is COc1ccc(-c2nnn(C3O[C@H](O)[C@H](O)[C@@H](O)[C@@H]3O)c2CC(F)(F)F)cc1. The zero-order valence-corrected chi connectivity index (χ0v) is 14.5. The molecule has 1 unspecified atom stereocenters. The number of aromatic nitrogens is 3. The van der Waals surface area contributed by atoms with Gasteiger partial charge in [-0.3, -0.25) is 0 Å². The number of aliphatic hydroxyl groups is 4. The number of benzene rings is 1. The smallest absolute Gasteiger partial charge is 0.394 e. The number of alkyl halides is 3. The van der Waals surface area contributed by atoms with Crippen LogP contribution >= 0.6 is 0 Å². The molecule has 28 heavy (non-hydrogen) atoms. The summed E-state index contributed by atoms with van der Waals surface area (Å²) in [6.45, 7) is 0. The van der Waals surface area contributed by atoms with Gasteiger partial charge in [0.15, 0.2) is 12.5 Å². The molecule has 4 N–H and O–H groups in total. The lowest BCUT2D eigenvalue weighted by molar-refractivity contribution is -0.303. The van der Waals surface area contributed by atoms with Crippen LogP contribution in [0, 0.1) is 0 Å². The van der Waals surface area contributed by atoms with Crippen LogP contribution in [0.1, 0.15) is 11.9 Å². The number of nitrogens with zero attached hydrogens (tertiary/aromatic N) is 3. The minimum absolute atomic E-state index is 0.120. The van der Waals surface area contributed by atoms with Gasteiger partial charge in [-0.1, -0.05) is 5.21 Å². The van der Waals surface area contributed by atoms with Crippen molar-refractivity contribution in [3.63, 3.8) is 0 Å². The molecule has 0 spiro atoms. The third-order valence-corrected chi connectivity index (χ3v) is 4.33. The minimum atomic E-state index is -4.64. The van der Waals surface area contributed by atoms with E-state index in [1.54, 1.807) is 0 Å². The fourth-order valence-corrected chi connectivity index (χ4v) is 2.89. The van der Waals surface area contributed by atoms with Crippen LogP contribution in [-0.4, -0.2) is 73.3 Å². The molecule has 1 aliphatic rings. The second-order valence-corrected chi connectivity index (χ2v) is 6.24. The van der Waals surface area contributed by atoms with Crippen LogP contribution in [-0.2, 0) is 11.2 Å². The Morgan fingerprint density at radius 1 is 1.07 bits per heavy atom. The van der Waals surface area contributed by atoms with Crippen LogP contribution in [0.2, 0.25) is 0 Å². The van der Waals surface area contributed by atoms with E-state index in [1.807, 2.05) is 0 Å². The van der Waals surface area contributed by atoms with E-state index in [1.165, 1.54) is 31.4 Å². The van der Waals surface area contributed by atoms with Crippen molar-refractivity contribution in [2.24, 2.45) is 0 Å². The average molecular weight is 405 g/mol. The normalized spacial score (nSPS) is 28.4. The Morgan fingerprint density at radius 2 is 1.71 bits per heavy atom. The third kappa shape index (κ3) is 3.95. The molecular weight excluding hydrogens is 387 g/mol. The van der Waals surface area contributed by atoms with E-state index in [4.69, 9.17) is 9.47 Å². The second-order valence-electron chi connectivity index (χ2n) is 6.24. The van der Waals surface area contributed by atoms with E-state index in [2.05, 4.69) is 10.3 Å². The predicted molar refractivity (Wildman–Crippen MR) is 85.9 cm³/mol. The van der Waals surface area contributed by atoms with Crippen molar-refractivity contribution in [1.82, 2.24) is 15.0 Å². The summed E-state index contributed by atoms with van der Waals surface area (Å²) < 4.78 is 50.1. The van der Waals surface area contributed by atoms with Crippen LogP contribution in [0.4, 0.5) is 13.2 Å². The van der Waals surface area contributed by atoms with E-state index in [0.29, 0.717) is 16.0 Å². The lowest BCUT2D eigenvalue weighted by Crippen LogP contribution is -2.55. The molecule has 0 radical (unpaired) electrons. The number of halogens is 3. The lowest BCUT2D eigenvalue weighted by atomic mass is 10.0. The highest BCUT2D eigenvalue weighted by Crippen LogP contribution is 2.34. The fraction of sp³-hybridized carbons (Fsp3) is 0.500. The standard InChI is InChI=1S/C16H18F3N3O6/c1-27-8-4-2-7(3-5-8)10-9(6-16(17,18)19)22(21-20-10)14-12(24)11(23)13(25)15(26)28-14/h2-5,11-15,23-26H,6H2,1H3/t11-,12-,13+,14?,15-/m0/s1. The molecule has 0 saturated carbocycles. The highest BCUT2D eigenvalue weighted by molar-refractivity contribution is 5.62. The largest absolute Gasteiger partial charge is 0.497 e. The number of hydrogen-bond acceptors (Lipinski definition) is 8. The minimum Gasteiger partial charge on any atom is -0.497 e. The Balaban J connectivity index is 2.05. The maximum absolute atomic E-state index is 13.2. The summed E-state index contributed by atoms with van der Waals surface area (Å²) in [5.74, 6) is 0.486. The van der Waals surface area contributed by atoms with Crippen molar-refractivity contribution in [1.29, 1.82) is 0 Å². The first-order valence-electron chi connectivity index (χ1n) is 8.15. The molecule has 2 aromatic rings. The molecule has 9 nitrogen and oxygen atoms in total. The summed E-state index contributed by atoms with van der Waals surface area (Å²) in [6.07, 6.45) is -15.3. The van der Waals surface area contributed by atoms with Gasteiger partial charge < -0.3 is 29.9 Å². The Morgan fingerprint density at radius 3 is 2.29 bits per heavy atom. The first-order chi connectivity index (χ1) is 13.1. The Kier molecular flexibility index (Phi) is 5.59. The van der Waals surface area contributed by atoms with Crippen molar-refractivity contribution in [3.05, 3.63) is 30.0 Å². The molecule has 0 aliphatic carbocycles. The molecule has 1 aromatic heterocycles. The maximum Gasteiger partial charge on any atom is 0.394 e. The molecule has 0 amide bonds. The van der Waals surface area contributed by atoms with Gasteiger partial charge in [-0.2, -0.15) is 13.2 Å². The molecule has 3 rings (SSSR count). The number of ether oxygens (including phenoxy) is 2. The molecule has 1 fully saturated rings. The van der Waals surface area contributed by atoms with Gasteiger partial charge in [0.05, 0.1) is 19.2 Å². The predicted octanol–water partition coefficient (Wildman–Crippen LogP) is -0.0116. The van der Waals surface area contributed by atoms with Crippen molar-refractivity contribution in [2.75, 3.05) is 7.11 Å². The number of hydrogen-bond donors (Lipinski definition) is 4. The van der Waals surface area contributed by atoms with Gasteiger partial charge in [0, 0.05) is 5.56 Å². The van der Waals surface area contributed by atoms with Crippen molar-refractivity contribution < 1.29 is 43.1 Å². The monoisotopic (exact) mass is 405 g/mol. The lowest BCUT2D eigenvalue weighted by Gasteiger charge is -2.38. The Hall–Kier alpha value is -2.25. The summed E-state index contributed by atoms with van der Waals surface area (Å²) in [5, 5.41) is 46.5. The Bertz CT molecular complexity index is 813. The fourth-order valence-electron chi connectivity index (χ4n) is 2.89. The number of aliphatic hydroxyl groups excluding tert-OH is 4. The third-order valence-electron chi connectivity index (χ3n) is 4.33. The number of rotatable bonds is 4. The summed E-state index contributed by atoms with van der Waals surface area (Å²) >= 11 is 0. The summed E-state index contributed by atoms with van der Waals surface area (Å²) in [4.78, 5) is 0. The van der Waals surface area contributed by atoms with Gasteiger partial charge in [0.25, 0.3) is 0 Å². The molecule has 12 heteroatoms. The van der Waals surface area contributed by atoms with Crippen LogP contribution in [0.25, 0.3) is 11.3 Å². The van der Waals surface area contributed by atoms with Crippen LogP contribution in [0.5, 0.6) is 5.75 Å². The van der Waals surface area contributed by atoms with Gasteiger partial charge in [-0.05, 0) is 24.3 Å². The van der Waals surface area contributed by atoms with Crippen LogP contribution < -0.4 is 4.74 Å². The molecule has 0 bridgehead atoms. The molecular formula is C16H18F3N3O6. The van der Waals surface area contributed by atoms with E-state index in [0.717, 1.165) is 0 Å². The summed E-state index contributed by atoms with van der Waals surface area (Å²) in [5.41, 5.74) is -0.263. The molecule has 1 aromatic carbocycles. The van der Waals surface area contributed by atoms with E-state index >= 15 is 0 Å². The van der Waals surface area contributed by atoms with Gasteiger partial charge in [-0.15, -0.1) is 5.10 Å². The average Bonchev–Trinajstić information content (AvgIpc) is 3.04. The zero-order chi connectivity index (χ0) is 20.6. The van der Waals surface area contributed by atoms with E-state index in [-0.39, 0.29) is 5.69 Å². The van der Waals surface area contributed by atoms with Crippen molar-refractivity contribution in [3.8, 4) is 17.0 Å². The Labute approximate surface area is 156 Å². The van der Waals surface area contributed by atoms with Gasteiger partial charge in [0.2, 0.25) is 0 Å². The molecule has 1 aliphatic heterocycles. The summed E-state index contributed by atoms with van der Waals surface area (Å²) in [6, 6.07) is 6.03. The van der Waals surface area contributed by atoms with Gasteiger partial charge in [0.1, 0.15) is 29.8 Å². The molecule has 154 valence electrons.